The Morgan fingerprint density at radius 1 is 1.17 bits per heavy atom. The maximum Gasteiger partial charge on any atom is 0.419 e. The molecular weight excluding hydrogens is 459 g/mol. The second-order valence-corrected chi connectivity index (χ2v) is 9.02. The van der Waals surface area contributed by atoms with Crippen LogP contribution in [0.5, 0.6) is 5.75 Å². The molecule has 0 aliphatic carbocycles. The quantitative estimate of drug-likeness (QED) is 0.544. The van der Waals surface area contributed by atoms with Gasteiger partial charge in [0.2, 0.25) is 5.82 Å². The van der Waals surface area contributed by atoms with E-state index in [2.05, 4.69) is 15.3 Å². The van der Waals surface area contributed by atoms with Crippen LogP contribution < -0.4 is 10.1 Å². The van der Waals surface area contributed by atoms with Crippen molar-refractivity contribution in [2.24, 2.45) is 5.92 Å². The van der Waals surface area contributed by atoms with E-state index < -0.39 is 11.7 Å². The molecule has 2 aliphatic rings. The second-order valence-electron chi connectivity index (χ2n) is 9.02. The van der Waals surface area contributed by atoms with Gasteiger partial charge in [0.1, 0.15) is 17.5 Å². The summed E-state index contributed by atoms with van der Waals surface area (Å²) >= 11 is 0. The Hall–Kier alpha value is -3.16. The van der Waals surface area contributed by atoms with Crippen molar-refractivity contribution in [3.05, 3.63) is 41.9 Å². The molecule has 1 N–H and O–H groups in total. The van der Waals surface area contributed by atoms with E-state index in [9.17, 15) is 18.4 Å². The van der Waals surface area contributed by atoms with Crippen molar-refractivity contribution < 1.29 is 22.6 Å². The Balaban J connectivity index is 1.48. The van der Waals surface area contributed by atoms with E-state index >= 15 is 0 Å². The van der Waals surface area contributed by atoms with Crippen molar-refractivity contribution in [3.8, 4) is 23.1 Å². The van der Waals surface area contributed by atoms with Crippen LogP contribution in [0.1, 0.15) is 43.1 Å². The number of piperidine rings is 1. The Kier molecular flexibility index (Phi) is 6.62. The highest BCUT2D eigenvalue weighted by atomic mass is 19.4. The van der Waals surface area contributed by atoms with Crippen LogP contribution in [0.4, 0.5) is 13.2 Å². The molecule has 2 saturated heterocycles. The predicted octanol–water partition coefficient (Wildman–Crippen LogP) is 4.72. The average Bonchev–Trinajstić information content (AvgIpc) is 3.53. The van der Waals surface area contributed by atoms with Crippen LogP contribution in [0.15, 0.2) is 30.5 Å². The number of hydrogen-bond donors (Lipinski definition) is 1. The van der Waals surface area contributed by atoms with Crippen LogP contribution in [0.2, 0.25) is 0 Å². The number of nitriles is 1. The van der Waals surface area contributed by atoms with E-state index in [1.807, 2.05) is 16.8 Å². The van der Waals surface area contributed by atoms with Gasteiger partial charge in [-0.1, -0.05) is 0 Å². The Labute approximate surface area is 200 Å². The van der Waals surface area contributed by atoms with Crippen molar-refractivity contribution in [1.29, 1.82) is 5.26 Å². The minimum Gasteiger partial charge on any atom is -0.493 e. The van der Waals surface area contributed by atoms with Gasteiger partial charge in [0, 0.05) is 23.8 Å². The van der Waals surface area contributed by atoms with Crippen molar-refractivity contribution in [2.75, 3.05) is 32.9 Å². The fourth-order valence-corrected chi connectivity index (χ4v) is 4.87. The molecule has 2 aromatic heterocycles. The maximum atomic E-state index is 14.0. The number of nitrogens with zero attached hydrogens (tertiary/aromatic N) is 4. The fraction of sp³-hybridized carbons (Fsp3) is 0.480. The first-order valence-electron chi connectivity index (χ1n) is 11.9. The van der Waals surface area contributed by atoms with E-state index in [0.29, 0.717) is 30.2 Å². The molecule has 10 heteroatoms. The van der Waals surface area contributed by atoms with Crippen LogP contribution in [-0.2, 0) is 10.9 Å². The molecule has 5 rings (SSSR count). The third-order valence-electron chi connectivity index (χ3n) is 6.77. The Bertz CT molecular complexity index is 1240. The molecule has 3 aromatic rings. The molecular formula is C25H26F3N5O2. The highest BCUT2D eigenvalue weighted by molar-refractivity contribution is 5.91. The zero-order valence-electron chi connectivity index (χ0n) is 19.1. The molecule has 1 unspecified atom stereocenters. The molecule has 2 aliphatic heterocycles. The highest BCUT2D eigenvalue weighted by Crippen LogP contribution is 2.40. The summed E-state index contributed by atoms with van der Waals surface area (Å²) in [4.78, 5) is 8.62. The van der Waals surface area contributed by atoms with Gasteiger partial charge in [-0.25, -0.2) is 9.97 Å². The predicted molar refractivity (Wildman–Crippen MR) is 123 cm³/mol. The topological polar surface area (TPSA) is 85.0 Å². The highest BCUT2D eigenvalue weighted by Gasteiger charge is 2.35. The molecule has 0 spiro atoms. The lowest BCUT2D eigenvalue weighted by atomic mass is 9.95. The number of rotatable bonds is 6. The lowest BCUT2D eigenvalue weighted by Gasteiger charge is -2.23. The number of alkyl halides is 3. The summed E-state index contributed by atoms with van der Waals surface area (Å²) in [5, 5.41) is 13.4. The van der Waals surface area contributed by atoms with E-state index in [1.54, 1.807) is 12.1 Å². The SMILES string of the molecule is N#Cc1nc(-c2ccc(OCCC3CCNCC3)c(C(F)(F)F)c2)c2ccn(C3CCOC3)c2n1. The van der Waals surface area contributed by atoms with Gasteiger partial charge in [-0.3, -0.25) is 0 Å². The standard InChI is InChI=1S/C25H26F3N5O2/c26-25(27,28)20-13-17(1-2-21(20)35-12-6-16-3-8-30-9-4-16)23-19-5-10-33(18-7-11-34-15-18)24(19)32-22(14-29)31-23/h1-2,5,10,13,16,18,30H,3-4,6-9,11-12,15H2. The number of ether oxygens (including phenoxy) is 2. The number of hydrogen-bond acceptors (Lipinski definition) is 6. The first kappa shape index (κ1) is 23.6. The van der Waals surface area contributed by atoms with Gasteiger partial charge in [0.15, 0.2) is 0 Å². The summed E-state index contributed by atoms with van der Waals surface area (Å²) in [5.41, 5.74) is 0.204. The van der Waals surface area contributed by atoms with Gasteiger partial charge in [0.05, 0.1) is 30.5 Å². The zero-order valence-corrected chi connectivity index (χ0v) is 19.1. The normalized spacial score (nSPS) is 19.2. The molecule has 0 amide bonds. The molecule has 0 saturated carbocycles. The van der Waals surface area contributed by atoms with E-state index in [1.165, 1.54) is 6.07 Å². The van der Waals surface area contributed by atoms with Crippen LogP contribution >= 0.6 is 0 Å². The largest absolute Gasteiger partial charge is 0.493 e. The lowest BCUT2D eigenvalue weighted by Crippen LogP contribution is -2.28. The smallest absolute Gasteiger partial charge is 0.419 e. The van der Waals surface area contributed by atoms with Crippen molar-refractivity contribution in [1.82, 2.24) is 19.9 Å². The molecule has 4 heterocycles. The molecule has 35 heavy (non-hydrogen) atoms. The Morgan fingerprint density at radius 3 is 2.71 bits per heavy atom. The first-order chi connectivity index (χ1) is 16.9. The van der Waals surface area contributed by atoms with Crippen LogP contribution in [0, 0.1) is 17.2 Å². The minimum atomic E-state index is -4.60. The number of aromatic nitrogens is 3. The zero-order chi connectivity index (χ0) is 24.4. The monoisotopic (exact) mass is 485 g/mol. The third-order valence-corrected chi connectivity index (χ3v) is 6.77. The summed E-state index contributed by atoms with van der Waals surface area (Å²) < 4.78 is 55.0. The van der Waals surface area contributed by atoms with Crippen molar-refractivity contribution in [2.45, 2.75) is 37.9 Å². The second kappa shape index (κ2) is 9.84. The average molecular weight is 486 g/mol. The summed E-state index contributed by atoms with van der Waals surface area (Å²) in [6, 6.07) is 7.74. The van der Waals surface area contributed by atoms with Gasteiger partial charge >= 0.3 is 6.18 Å². The summed E-state index contributed by atoms with van der Waals surface area (Å²) in [5.74, 6) is 0.168. The van der Waals surface area contributed by atoms with E-state index in [0.717, 1.165) is 44.8 Å². The minimum absolute atomic E-state index is 0.0586. The van der Waals surface area contributed by atoms with Gasteiger partial charge in [0.25, 0.3) is 0 Å². The van der Waals surface area contributed by atoms with Crippen LogP contribution in [-0.4, -0.2) is 47.4 Å². The summed E-state index contributed by atoms with van der Waals surface area (Å²) in [7, 11) is 0. The van der Waals surface area contributed by atoms with Gasteiger partial charge in [-0.2, -0.15) is 18.4 Å². The molecule has 1 aromatic carbocycles. The third kappa shape index (κ3) is 4.97. The van der Waals surface area contributed by atoms with Gasteiger partial charge in [-0.15, -0.1) is 0 Å². The fourth-order valence-electron chi connectivity index (χ4n) is 4.87. The number of benzene rings is 1. The summed E-state index contributed by atoms with van der Waals surface area (Å²) in [6.45, 7) is 3.24. The van der Waals surface area contributed by atoms with Crippen molar-refractivity contribution in [3.63, 3.8) is 0 Å². The molecule has 7 nitrogen and oxygen atoms in total. The van der Waals surface area contributed by atoms with Crippen molar-refractivity contribution >= 4 is 11.0 Å². The molecule has 0 bridgehead atoms. The van der Waals surface area contributed by atoms with Gasteiger partial charge < -0.3 is 19.4 Å². The maximum absolute atomic E-state index is 14.0. The number of nitrogens with one attached hydrogen (secondary N) is 1. The van der Waals surface area contributed by atoms with Gasteiger partial charge in [-0.05, 0) is 69.0 Å². The van der Waals surface area contributed by atoms with E-state index in [-0.39, 0.29) is 35.5 Å². The number of fused-ring (bicyclic) bond motifs is 1. The molecule has 1 atom stereocenters. The lowest BCUT2D eigenvalue weighted by molar-refractivity contribution is -0.138. The molecule has 184 valence electrons. The van der Waals surface area contributed by atoms with E-state index in [4.69, 9.17) is 9.47 Å². The number of halogens is 3. The first-order valence-corrected chi connectivity index (χ1v) is 11.9. The molecule has 2 fully saturated rings. The summed E-state index contributed by atoms with van der Waals surface area (Å²) in [6.07, 6.45) is 0.755. The van der Waals surface area contributed by atoms with Crippen LogP contribution in [0.3, 0.4) is 0 Å². The van der Waals surface area contributed by atoms with Crippen LogP contribution in [0.25, 0.3) is 22.3 Å². The molecule has 0 radical (unpaired) electrons. The Morgan fingerprint density at radius 2 is 2.00 bits per heavy atom.